The van der Waals surface area contributed by atoms with Crippen LogP contribution in [0, 0.1) is 0 Å². The first-order valence-electron chi connectivity index (χ1n) is 12.4. The average Bonchev–Trinajstić information content (AvgIpc) is 3.32. The van der Waals surface area contributed by atoms with E-state index in [1.54, 1.807) is 49.6 Å². The molecular formula is C29H33N5O5. The first kappa shape index (κ1) is 27.4. The molecule has 4 aromatic rings. The number of ether oxygens (including phenoxy) is 3. The quantitative estimate of drug-likeness (QED) is 0.346. The molecule has 0 aliphatic heterocycles. The fourth-order valence-electron chi connectivity index (χ4n) is 4.32. The van der Waals surface area contributed by atoms with Crippen LogP contribution in [0.3, 0.4) is 0 Å². The zero-order valence-corrected chi connectivity index (χ0v) is 23.0. The van der Waals surface area contributed by atoms with Crippen molar-refractivity contribution < 1.29 is 23.8 Å². The summed E-state index contributed by atoms with van der Waals surface area (Å²) >= 11 is 0. The molecule has 4 rings (SSSR count). The molecule has 0 saturated heterocycles. The number of para-hydroxylation sites is 1. The minimum atomic E-state index is -1.04. The van der Waals surface area contributed by atoms with E-state index >= 15 is 0 Å². The molecule has 0 unspecified atom stereocenters. The van der Waals surface area contributed by atoms with Crippen molar-refractivity contribution >= 4 is 28.5 Å². The third kappa shape index (κ3) is 6.11. The standard InChI is InChI=1S/C29H33N5O5/c1-29(2,3)30-28(36)27(19-10-9-11-21(16-19)37-4)34(20-14-15-24(38-5)25(17-20)39-6)26(35)18-33-23-13-8-7-12-22(23)31-32-33/h7-17,27H,18H2,1-6H3,(H,30,36)/t27-/m0/s1. The molecule has 1 heterocycles. The summed E-state index contributed by atoms with van der Waals surface area (Å²) in [6, 6.07) is 18.5. The monoisotopic (exact) mass is 531 g/mol. The molecule has 10 nitrogen and oxygen atoms in total. The number of fused-ring (bicyclic) bond motifs is 1. The van der Waals surface area contributed by atoms with Gasteiger partial charge in [0.25, 0.3) is 0 Å². The second kappa shape index (κ2) is 11.4. The van der Waals surface area contributed by atoms with Crippen molar-refractivity contribution in [2.24, 2.45) is 0 Å². The lowest BCUT2D eigenvalue weighted by atomic mass is 10.00. The van der Waals surface area contributed by atoms with Crippen molar-refractivity contribution in [1.29, 1.82) is 0 Å². The number of carbonyl (C=O) groups is 2. The molecule has 1 aromatic heterocycles. The average molecular weight is 532 g/mol. The maximum atomic E-state index is 14.2. The number of benzene rings is 3. The van der Waals surface area contributed by atoms with Crippen LogP contribution in [0.25, 0.3) is 11.0 Å². The smallest absolute Gasteiger partial charge is 0.249 e. The van der Waals surface area contributed by atoms with E-state index < -0.39 is 11.6 Å². The second-order valence-electron chi connectivity index (χ2n) is 9.96. The molecule has 1 atom stereocenters. The highest BCUT2D eigenvalue weighted by molar-refractivity contribution is 6.02. The maximum absolute atomic E-state index is 14.2. The van der Waals surface area contributed by atoms with E-state index in [-0.39, 0.29) is 18.4 Å². The summed E-state index contributed by atoms with van der Waals surface area (Å²) in [5.41, 5.74) is 1.83. The van der Waals surface area contributed by atoms with Crippen molar-refractivity contribution in [3.8, 4) is 17.2 Å². The van der Waals surface area contributed by atoms with Crippen molar-refractivity contribution in [3.63, 3.8) is 0 Å². The second-order valence-corrected chi connectivity index (χ2v) is 9.96. The molecule has 0 aliphatic rings. The van der Waals surface area contributed by atoms with Crippen LogP contribution in [0.5, 0.6) is 17.2 Å². The number of nitrogens with zero attached hydrogens (tertiary/aromatic N) is 4. The summed E-state index contributed by atoms with van der Waals surface area (Å²) in [6.45, 7) is 5.51. The molecule has 204 valence electrons. The largest absolute Gasteiger partial charge is 0.497 e. The van der Waals surface area contributed by atoms with Gasteiger partial charge in [0.2, 0.25) is 11.8 Å². The summed E-state index contributed by atoms with van der Waals surface area (Å²) < 4.78 is 17.9. The van der Waals surface area contributed by atoms with Gasteiger partial charge in [-0.25, -0.2) is 4.68 Å². The Morgan fingerprint density at radius 1 is 0.923 bits per heavy atom. The number of aromatic nitrogens is 3. The Kier molecular flexibility index (Phi) is 8.04. The van der Waals surface area contributed by atoms with Gasteiger partial charge in [-0.3, -0.25) is 14.5 Å². The highest BCUT2D eigenvalue weighted by atomic mass is 16.5. The van der Waals surface area contributed by atoms with E-state index in [2.05, 4.69) is 15.6 Å². The van der Waals surface area contributed by atoms with Crippen LogP contribution in [-0.2, 0) is 16.1 Å². The summed E-state index contributed by atoms with van der Waals surface area (Å²) in [4.78, 5) is 29.6. The van der Waals surface area contributed by atoms with Gasteiger partial charge in [0, 0.05) is 17.3 Å². The van der Waals surface area contributed by atoms with Gasteiger partial charge < -0.3 is 19.5 Å². The van der Waals surface area contributed by atoms with Crippen LogP contribution in [0.4, 0.5) is 5.69 Å². The molecule has 2 amide bonds. The minimum absolute atomic E-state index is 0.155. The number of carbonyl (C=O) groups excluding carboxylic acids is 2. The topological polar surface area (TPSA) is 108 Å². The lowest BCUT2D eigenvalue weighted by molar-refractivity contribution is -0.128. The number of rotatable bonds is 9. The Hall–Kier alpha value is -4.60. The van der Waals surface area contributed by atoms with Crippen LogP contribution < -0.4 is 24.4 Å². The molecule has 0 spiro atoms. The Balaban J connectivity index is 1.88. The van der Waals surface area contributed by atoms with E-state index in [1.165, 1.54) is 23.8 Å². The molecule has 0 radical (unpaired) electrons. The molecule has 1 N–H and O–H groups in total. The normalized spacial score (nSPS) is 12.1. The minimum Gasteiger partial charge on any atom is -0.497 e. The lowest BCUT2D eigenvalue weighted by Crippen LogP contribution is -2.50. The van der Waals surface area contributed by atoms with Crippen molar-refractivity contribution in [3.05, 3.63) is 72.3 Å². The third-order valence-electron chi connectivity index (χ3n) is 6.03. The fourth-order valence-corrected chi connectivity index (χ4v) is 4.32. The molecule has 3 aromatic carbocycles. The van der Waals surface area contributed by atoms with Crippen molar-refractivity contribution in [2.45, 2.75) is 38.9 Å². The highest BCUT2D eigenvalue weighted by Gasteiger charge is 2.35. The Bertz CT molecular complexity index is 1480. The van der Waals surface area contributed by atoms with E-state index in [0.29, 0.717) is 39.5 Å². The van der Waals surface area contributed by atoms with E-state index in [0.717, 1.165) is 0 Å². The zero-order valence-electron chi connectivity index (χ0n) is 23.0. The predicted molar refractivity (Wildman–Crippen MR) is 148 cm³/mol. The van der Waals surface area contributed by atoms with Gasteiger partial charge in [0.1, 0.15) is 23.9 Å². The lowest BCUT2D eigenvalue weighted by Gasteiger charge is -2.34. The summed E-state index contributed by atoms with van der Waals surface area (Å²) in [6.07, 6.45) is 0. The summed E-state index contributed by atoms with van der Waals surface area (Å²) in [7, 11) is 4.60. The van der Waals surface area contributed by atoms with Gasteiger partial charge >= 0.3 is 0 Å². The molecule has 0 bridgehead atoms. The zero-order chi connectivity index (χ0) is 28.2. The van der Waals surface area contributed by atoms with Crippen molar-refractivity contribution in [2.75, 3.05) is 26.2 Å². The van der Waals surface area contributed by atoms with Gasteiger partial charge in [-0.15, -0.1) is 5.10 Å². The SMILES string of the molecule is COc1cccc([C@@H](C(=O)NC(C)(C)C)N(C(=O)Cn2nnc3ccccc32)c2ccc(OC)c(OC)c2)c1. The van der Waals surface area contributed by atoms with Gasteiger partial charge in [-0.2, -0.15) is 0 Å². The van der Waals surface area contributed by atoms with Crippen LogP contribution >= 0.6 is 0 Å². The number of hydrogen-bond donors (Lipinski definition) is 1. The highest BCUT2D eigenvalue weighted by Crippen LogP contribution is 2.36. The van der Waals surface area contributed by atoms with Crippen LogP contribution in [-0.4, -0.2) is 53.7 Å². The Morgan fingerprint density at radius 2 is 1.67 bits per heavy atom. The molecular weight excluding hydrogens is 498 g/mol. The molecule has 0 aliphatic carbocycles. The van der Waals surface area contributed by atoms with Gasteiger partial charge in [-0.1, -0.05) is 29.5 Å². The summed E-state index contributed by atoms with van der Waals surface area (Å²) in [5.74, 6) is 0.729. The third-order valence-corrected chi connectivity index (χ3v) is 6.03. The maximum Gasteiger partial charge on any atom is 0.249 e. The van der Waals surface area contributed by atoms with Crippen molar-refractivity contribution in [1.82, 2.24) is 20.3 Å². The van der Waals surface area contributed by atoms with Gasteiger partial charge in [0.05, 0.1) is 26.8 Å². The number of hydrogen-bond acceptors (Lipinski definition) is 7. The number of amides is 2. The number of nitrogens with one attached hydrogen (secondary N) is 1. The predicted octanol–water partition coefficient (Wildman–Crippen LogP) is 4.15. The summed E-state index contributed by atoms with van der Waals surface area (Å²) in [5, 5.41) is 11.4. The molecule has 0 saturated carbocycles. The first-order chi connectivity index (χ1) is 18.6. The van der Waals surface area contributed by atoms with E-state index in [9.17, 15) is 9.59 Å². The number of anilines is 1. The van der Waals surface area contributed by atoms with Gasteiger partial charge in [0.15, 0.2) is 11.5 Å². The van der Waals surface area contributed by atoms with Gasteiger partial charge in [-0.05, 0) is 62.7 Å². The Morgan fingerprint density at radius 3 is 2.36 bits per heavy atom. The number of methoxy groups -OCH3 is 3. The van der Waals surface area contributed by atoms with Crippen LogP contribution in [0.15, 0.2) is 66.7 Å². The molecule has 39 heavy (non-hydrogen) atoms. The molecule has 10 heteroatoms. The van der Waals surface area contributed by atoms with E-state index in [4.69, 9.17) is 14.2 Å². The van der Waals surface area contributed by atoms with Crippen LogP contribution in [0.1, 0.15) is 32.4 Å². The Labute approximate surface area is 227 Å². The van der Waals surface area contributed by atoms with Crippen LogP contribution in [0.2, 0.25) is 0 Å². The molecule has 0 fully saturated rings. The van der Waals surface area contributed by atoms with E-state index in [1.807, 2.05) is 45.0 Å². The fraction of sp³-hybridized carbons (Fsp3) is 0.310. The first-order valence-corrected chi connectivity index (χ1v) is 12.4.